The monoisotopic (exact) mass is 833 g/mol. The van der Waals surface area contributed by atoms with Gasteiger partial charge in [-0.3, -0.25) is 0 Å². The number of benzene rings is 9. The van der Waals surface area contributed by atoms with Gasteiger partial charge in [-0.05, 0) is 126 Å². The second-order valence-corrected chi connectivity index (χ2v) is 19.2. The number of hydrogen-bond donors (Lipinski definition) is 1. The Morgan fingerprint density at radius 3 is 1.60 bits per heavy atom. The van der Waals surface area contributed by atoms with Crippen molar-refractivity contribution >= 4 is 38.7 Å². The SMILES string of the molecule is CC1(C)c2ccccc2-c2ccc(-c3cc4c(-c5ccc6c(c5)C(C)(C)c5ccccc5-6)cc(-c5ccc(N6c7ccccc7NC6c6ccccc6)cc5)nc4c4ccccc34)cc21. The van der Waals surface area contributed by atoms with Crippen LogP contribution in [-0.4, -0.2) is 4.98 Å². The van der Waals surface area contributed by atoms with Crippen molar-refractivity contribution in [3.8, 4) is 55.8 Å². The minimum Gasteiger partial charge on any atom is -0.359 e. The Labute approximate surface area is 380 Å². The van der Waals surface area contributed by atoms with Crippen LogP contribution >= 0.6 is 0 Å². The van der Waals surface area contributed by atoms with Crippen LogP contribution in [0.1, 0.15) is 61.7 Å². The quantitative estimate of drug-likeness (QED) is 0.175. The predicted octanol–water partition coefficient (Wildman–Crippen LogP) is 16.3. The number of para-hydroxylation sites is 2. The highest BCUT2D eigenvalue weighted by molar-refractivity contribution is 6.16. The van der Waals surface area contributed by atoms with Gasteiger partial charge in [0, 0.05) is 32.9 Å². The molecule has 0 amide bonds. The van der Waals surface area contributed by atoms with Gasteiger partial charge in [-0.2, -0.15) is 0 Å². The molecule has 0 spiro atoms. The molecule has 3 aliphatic rings. The molecule has 2 aliphatic carbocycles. The van der Waals surface area contributed by atoms with Crippen molar-refractivity contribution < 1.29 is 0 Å². The first-order valence-electron chi connectivity index (χ1n) is 22.9. The van der Waals surface area contributed by atoms with Gasteiger partial charge in [0.2, 0.25) is 0 Å². The zero-order valence-corrected chi connectivity index (χ0v) is 37.0. The minimum atomic E-state index is -0.128. The van der Waals surface area contributed by atoms with E-state index >= 15 is 0 Å². The lowest BCUT2D eigenvalue weighted by atomic mass is 9.81. The molecule has 0 radical (unpaired) electrons. The standard InChI is InChI=1S/C62H47N3/c1-61(2)52-22-12-10-19-44(52)46-32-28-40(34-54(46)61)49-36-51-50(41-29-33-47-45-20-11-13-23-53(45)62(3,4)55(47)35-41)37-57(63-59(51)48-21-9-8-18-43(48)49)38-26-30-42(31-27-38)65-58-25-15-14-24-56(58)64-60(65)39-16-6-5-7-17-39/h5-37,60,64H,1-4H3. The molecule has 3 heteroatoms. The van der Waals surface area contributed by atoms with E-state index in [0.29, 0.717) is 0 Å². The highest BCUT2D eigenvalue weighted by Crippen LogP contribution is 2.53. The fourth-order valence-corrected chi connectivity index (χ4v) is 11.5. The summed E-state index contributed by atoms with van der Waals surface area (Å²) in [7, 11) is 0. The summed E-state index contributed by atoms with van der Waals surface area (Å²) in [6.07, 6.45) is -0.0207. The molecule has 1 atom stereocenters. The first-order chi connectivity index (χ1) is 31.7. The summed E-state index contributed by atoms with van der Waals surface area (Å²) >= 11 is 0. The summed E-state index contributed by atoms with van der Waals surface area (Å²) in [5.74, 6) is 0. The van der Waals surface area contributed by atoms with Crippen LogP contribution in [-0.2, 0) is 10.8 Å². The molecule has 3 nitrogen and oxygen atoms in total. The summed E-state index contributed by atoms with van der Waals surface area (Å²) in [5.41, 5.74) is 23.1. The van der Waals surface area contributed by atoms with Gasteiger partial charge >= 0.3 is 0 Å². The van der Waals surface area contributed by atoms with Gasteiger partial charge in [0.05, 0.1) is 22.6 Å². The molecule has 1 aromatic heterocycles. The number of anilines is 3. The third-order valence-electron chi connectivity index (χ3n) is 14.9. The van der Waals surface area contributed by atoms with E-state index in [9.17, 15) is 0 Å². The van der Waals surface area contributed by atoms with Gasteiger partial charge < -0.3 is 10.2 Å². The first-order valence-corrected chi connectivity index (χ1v) is 22.9. The van der Waals surface area contributed by atoms with E-state index in [1.807, 2.05) is 0 Å². The second-order valence-electron chi connectivity index (χ2n) is 19.2. The molecule has 0 bridgehead atoms. The molecule has 2 heterocycles. The Kier molecular flexibility index (Phi) is 8.06. The number of nitrogens with one attached hydrogen (secondary N) is 1. The summed E-state index contributed by atoms with van der Waals surface area (Å²) in [4.78, 5) is 8.04. The normalized spacial score (nSPS) is 15.9. The number of fused-ring (bicyclic) bond motifs is 10. The highest BCUT2D eigenvalue weighted by atomic mass is 15.3. The number of hydrogen-bond acceptors (Lipinski definition) is 3. The maximum atomic E-state index is 5.64. The van der Waals surface area contributed by atoms with Crippen molar-refractivity contribution in [2.24, 2.45) is 0 Å². The van der Waals surface area contributed by atoms with Crippen LogP contribution in [0.5, 0.6) is 0 Å². The highest BCUT2D eigenvalue weighted by Gasteiger charge is 2.37. The summed E-state index contributed by atoms with van der Waals surface area (Å²) in [5, 5.41) is 7.30. The molecule has 0 fully saturated rings. The lowest BCUT2D eigenvalue weighted by molar-refractivity contribution is 0.660. The van der Waals surface area contributed by atoms with Crippen LogP contribution in [0.3, 0.4) is 0 Å². The van der Waals surface area contributed by atoms with Crippen molar-refractivity contribution in [3.05, 3.63) is 228 Å². The molecule has 1 N–H and O–H groups in total. The Balaban J connectivity index is 1.01. The van der Waals surface area contributed by atoms with E-state index in [1.54, 1.807) is 0 Å². The fourth-order valence-electron chi connectivity index (χ4n) is 11.5. The Morgan fingerprint density at radius 2 is 0.938 bits per heavy atom. The molecule has 13 rings (SSSR count). The summed E-state index contributed by atoms with van der Waals surface area (Å²) < 4.78 is 0. The fraction of sp³-hybridized carbons (Fsp3) is 0.113. The lowest BCUT2D eigenvalue weighted by Crippen LogP contribution is -2.23. The van der Waals surface area contributed by atoms with Crippen molar-refractivity contribution in [1.82, 2.24) is 4.98 Å². The minimum absolute atomic E-state index is 0.0207. The van der Waals surface area contributed by atoms with Crippen LogP contribution in [0.25, 0.3) is 77.4 Å². The van der Waals surface area contributed by atoms with E-state index in [2.05, 4.69) is 238 Å². The van der Waals surface area contributed by atoms with Gasteiger partial charge in [-0.25, -0.2) is 4.98 Å². The molecular weight excluding hydrogens is 787 g/mol. The van der Waals surface area contributed by atoms with Crippen LogP contribution in [0.2, 0.25) is 0 Å². The van der Waals surface area contributed by atoms with Crippen LogP contribution < -0.4 is 10.2 Å². The van der Waals surface area contributed by atoms with Crippen LogP contribution in [0.4, 0.5) is 17.1 Å². The van der Waals surface area contributed by atoms with Gasteiger partial charge in [-0.15, -0.1) is 0 Å². The first kappa shape index (κ1) is 37.8. The molecule has 10 aromatic rings. The van der Waals surface area contributed by atoms with E-state index in [0.717, 1.165) is 38.9 Å². The maximum Gasteiger partial charge on any atom is 0.130 e. The Morgan fingerprint density at radius 1 is 0.415 bits per heavy atom. The van der Waals surface area contributed by atoms with Gasteiger partial charge in [0.25, 0.3) is 0 Å². The van der Waals surface area contributed by atoms with E-state index < -0.39 is 0 Å². The molecule has 1 aliphatic heterocycles. The Bertz CT molecular complexity index is 3580. The van der Waals surface area contributed by atoms with Crippen molar-refractivity contribution in [1.29, 1.82) is 0 Å². The van der Waals surface area contributed by atoms with Gasteiger partial charge in [0.15, 0.2) is 0 Å². The van der Waals surface area contributed by atoms with Crippen LogP contribution in [0.15, 0.2) is 200 Å². The van der Waals surface area contributed by atoms with E-state index in [-0.39, 0.29) is 17.0 Å². The number of pyridine rings is 1. The summed E-state index contributed by atoms with van der Waals surface area (Å²) in [6, 6.07) is 74.1. The molecule has 310 valence electrons. The van der Waals surface area contributed by atoms with Crippen molar-refractivity contribution in [2.45, 2.75) is 44.7 Å². The average molecular weight is 834 g/mol. The maximum absolute atomic E-state index is 5.64. The molecular formula is C62H47N3. The molecule has 65 heavy (non-hydrogen) atoms. The largest absolute Gasteiger partial charge is 0.359 e. The van der Waals surface area contributed by atoms with E-state index in [4.69, 9.17) is 4.98 Å². The predicted molar refractivity (Wildman–Crippen MR) is 272 cm³/mol. The van der Waals surface area contributed by atoms with Gasteiger partial charge in [0.1, 0.15) is 6.17 Å². The smallest absolute Gasteiger partial charge is 0.130 e. The van der Waals surface area contributed by atoms with Crippen molar-refractivity contribution in [2.75, 3.05) is 10.2 Å². The Hall–Kier alpha value is -7.75. The number of aromatic nitrogens is 1. The molecule has 9 aromatic carbocycles. The third kappa shape index (κ3) is 5.58. The molecule has 1 unspecified atom stereocenters. The second kappa shape index (κ2) is 13.9. The number of nitrogens with zero attached hydrogens (tertiary/aromatic N) is 2. The topological polar surface area (TPSA) is 28.2 Å². The third-order valence-corrected chi connectivity index (χ3v) is 14.9. The lowest BCUT2D eigenvalue weighted by Gasteiger charge is -2.27. The van der Waals surface area contributed by atoms with Crippen molar-refractivity contribution in [3.63, 3.8) is 0 Å². The summed E-state index contributed by atoms with van der Waals surface area (Å²) in [6.45, 7) is 9.47. The van der Waals surface area contributed by atoms with Gasteiger partial charge in [-0.1, -0.05) is 179 Å². The van der Waals surface area contributed by atoms with E-state index in [1.165, 1.54) is 83.4 Å². The molecule has 0 saturated carbocycles. The molecule has 0 saturated heterocycles. The number of rotatable bonds is 5. The van der Waals surface area contributed by atoms with Crippen LogP contribution in [0, 0.1) is 0 Å². The zero-order chi connectivity index (χ0) is 43.6. The average Bonchev–Trinajstić information content (AvgIpc) is 3.93. The zero-order valence-electron chi connectivity index (χ0n) is 37.0.